The van der Waals surface area contributed by atoms with E-state index in [1.165, 1.54) is 17.9 Å². The van der Waals surface area contributed by atoms with Crippen LogP contribution in [-0.2, 0) is 12.1 Å². The predicted octanol–water partition coefficient (Wildman–Crippen LogP) is 2.59. The molecule has 1 saturated carbocycles. The molecule has 0 aromatic carbocycles. The lowest BCUT2D eigenvalue weighted by Gasteiger charge is -2.32. The molecule has 3 heterocycles. The van der Waals surface area contributed by atoms with Crippen LogP contribution in [0.4, 0.5) is 0 Å². The molecule has 0 unspecified atom stereocenters. The number of nitrogens with zero attached hydrogens (tertiary/aromatic N) is 4. The second-order valence-corrected chi connectivity index (χ2v) is 8.04. The van der Waals surface area contributed by atoms with E-state index in [9.17, 15) is 14.7 Å². The SMILES string of the molecule is CNC(=O)c1nn(CC2(n3cc(C)c4cc(Cl)cnc43)CCCC2)cc(O)c1=O. The zero-order chi connectivity index (χ0) is 20.8. The minimum absolute atomic E-state index is 0.320. The van der Waals surface area contributed by atoms with Gasteiger partial charge in [0.15, 0.2) is 11.4 Å². The highest BCUT2D eigenvalue weighted by Gasteiger charge is 2.38. The fourth-order valence-electron chi connectivity index (χ4n) is 4.28. The van der Waals surface area contributed by atoms with Crippen molar-refractivity contribution < 1.29 is 9.90 Å². The number of amides is 1. The van der Waals surface area contributed by atoms with Gasteiger partial charge in [0.05, 0.1) is 23.3 Å². The van der Waals surface area contributed by atoms with Gasteiger partial charge in [0.1, 0.15) is 5.65 Å². The van der Waals surface area contributed by atoms with E-state index in [2.05, 4.69) is 26.2 Å². The van der Waals surface area contributed by atoms with Crippen molar-refractivity contribution in [2.24, 2.45) is 0 Å². The van der Waals surface area contributed by atoms with Gasteiger partial charge in [-0.3, -0.25) is 14.3 Å². The highest BCUT2D eigenvalue weighted by Crippen LogP contribution is 2.41. The van der Waals surface area contributed by atoms with Crippen molar-refractivity contribution in [2.75, 3.05) is 7.05 Å². The summed E-state index contributed by atoms with van der Waals surface area (Å²) in [7, 11) is 1.42. The van der Waals surface area contributed by atoms with Gasteiger partial charge in [-0.25, -0.2) is 4.98 Å². The zero-order valence-electron chi connectivity index (χ0n) is 16.3. The molecule has 152 valence electrons. The van der Waals surface area contributed by atoms with Gasteiger partial charge in [0.25, 0.3) is 11.3 Å². The van der Waals surface area contributed by atoms with Crippen LogP contribution in [0.15, 0.2) is 29.5 Å². The molecule has 1 aliphatic rings. The highest BCUT2D eigenvalue weighted by atomic mass is 35.5. The van der Waals surface area contributed by atoms with Gasteiger partial charge in [-0.2, -0.15) is 5.10 Å². The van der Waals surface area contributed by atoms with Gasteiger partial charge in [0, 0.05) is 24.8 Å². The summed E-state index contributed by atoms with van der Waals surface area (Å²) in [5.74, 6) is -1.12. The molecule has 0 saturated heterocycles. The number of carbonyl (C=O) groups excluding carboxylic acids is 1. The van der Waals surface area contributed by atoms with Crippen LogP contribution in [-0.4, -0.2) is 37.4 Å². The van der Waals surface area contributed by atoms with Crippen molar-refractivity contribution >= 4 is 28.5 Å². The minimum Gasteiger partial charge on any atom is -0.503 e. The number of fused-ring (bicyclic) bond motifs is 1. The number of nitrogens with one attached hydrogen (secondary N) is 1. The van der Waals surface area contributed by atoms with Crippen molar-refractivity contribution in [3.8, 4) is 5.75 Å². The van der Waals surface area contributed by atoms with E-state index in [1.54, 1.807) is 6.20 Å². The molecule has 3 aromatic rings. The minimum atomic E-state index is -0.778. The van der Waals surface area contributed by atoms with Crippen molar-refractivity contribution in [3.63, 3.8) is 0 Å². The maximum atomic E-state index is 12.1. The summed E-state index contributed by atoms with van der Waals surface area (Å²) in [5.41, 5.74) is 0.481. The average Bonchev–Trinajstić information content (AvgIpc) is 3.29. The fraction of sp³-hybridized carbons (Fsp3) is 0.400. The third-order valence-corrected chi connectivity index (χ3v) is 5.91. The second kappa shape index (κ2) is 7.18. The number of aromatic nitrogens is 4. The van der Waals surface area contributed by atoms with Gasteiger partial charge in [0.2, 0.25) is 0 Å². The van der Waals surface area contributed by atoms with Crippen molar-refractivity contribution in [1.82, 2.24) is 24.6 Å². The molecule has 8 nitrogen and oxygen atoms in total. The van der Waals surface area contributed by atoms with Crippen molar-refractivity contribution in [2.45, 2.75) is 44.7 Å². The smallest absolute Gasteiger partial charge is 0.275 e. The van der Waals surface area contributed by atoms with E-state index in [0.29, 0.717) is 11.6 Å². The van der Waals surface area contributed by atoms with E-state index in [-0.39, 0.29) is 11.2 Å². The molecule has 0 radical (unpaired) electrons. The number of aryl methyl sites for hydroxylation is 1. The molecule has 2 N–H and O–H groups in total. The monoisotopic (exact) mass is 415 g/mol. The standard InChI is InChI=1S/C20H22ClN5O3/c1-12-9-26(18-14(12)7-13(21)8-23-18)20(5-3-4-6-20)11-25-10-15(27)17(28)16(24-25)19(29)22-2/h7-10,27H,3-6,11H2,1-2H3,(H,22,29). The largest absolute Gasteiger partial charge is 0.503 e. The maximum Gasteiger partial charge on any atom is 0.275 e. The Morgan fingerprint density at radius 1 is 1.34 bits per heavy atom. The predicted molar refractivity (Wildman–Crippen MR) is 109 cm³/mol. The number of carbonyl (C=O) groups is 1. The van der Waals surface area contributed by atoms with E-state index in [0.717, 1.165) is 42.3 Å². The lowest BCUT2D eigenvalue weighted by atomic mass is 9.97. The Morgan fingerprint density at radius 2 is 2.07 bits per heavy atom. The average molecular weight is 416 g/mol. The van der Waals surface area contributed by atoms with Crippen molar-refractivity contribution in [3.05, 3.63) is 51.2 Å². The maximum absolute atomic E-state index is 12.1. The van der Waals surface area contributed by atoms with Gasteiger partial charge in [-0.15, -0.1) is 0 Å². The van der Waals surface area contributed by atoms with E-state index >= 15 is 0 Å². The summed E-state index contributed by atoms with van der Waals surface area (Å²) in [4.78, 5) is 28.7. The molecule has 0 spiro atoms. The van der Waals surface area contributed by atoms with Crippen LogP contribution >= 0.6 is 11.6 Å². The lowest BCUT2D eigenvalue weighted by Crippen LogP contribution is -2.37. The number of halogens is 1. The summed E-state index contributed by atoms with van der Waals surface area (Å²) < 4.78 is 3.65. The number of hydrogen-bond acceptors (Lipinski definition) is 5. The van der Waals surface area contributed by atoms with Crippen LogP contribution in [0.25, 0.3) is 11.0 Å². The molecular weight excluding hydrogens is 394 g/mol. The number of hydrogen-bond donors (Lipinski definition) is 2. The molecular formula is C20H22ClN5O3. The van der Waals surface area contributed by atoms with Crippen LogP contribution in [0.5, 0.6) is 5.75 Å². The summed E-state index contributed by atoms with van der Waals surface area (Å²) in [6.45, 7) is 2.42. The molecule has 3 aromatic heterocycles. The normalized spacial score (nSPS) is 15.7. The van der Waals surface area contributed by atoms with Crippen molar-refractivity contribution in [1.29, 1.82) is 0 Å². The summed E-state index contributed by atoms with van der Waals surface area (Å²) >= 11 is 6.14. The Kier molecular flexibility index (Phi) is 4.82. The molecule has 1 aliphatic carbocycles. The number of rotatable bonds is 4. The molecule has 0 bridgehead atoms. The van der Waals surface area contributed by atoms with Gasteiger partial charge in [-0.05, 0) is 31.4 Å². The van der Waals surface area contributed by atoms with Crippen LogP contribution in [0, 0.1) is 6.92 Å². The lowest BCUT2D eigenvalue weighted by molar-refractivity contribution is 0.0952. The number of aromatic hydroxyl groups is 1. The quantitative estimate of drug-likeness (QED) is 0.681. The molecule has 4 rings (SSSR count). The summed E-state index contributed by atoms with van der Waals surface area (Å²) in [6.07, 6.45) is 8.87. The Hall–Kier alpha value is -2.87. The molecule has 0 atom stereocenters. The second-order valence-electron chi connectivity index (χ2n) is 7.61. The fourth-order valence-corrected chi connectivity index (χ4v) is 4.44. The Bertz CT molecular complexity index is 1160. The van der Waals surface area contributed by atoms with Crippen LogP contribution < -0.4 is 10.7 Å². The van der Waals surface area contributed by atoms with Crippen LogP contribution in [0.2, 0.25) is 5.02 Å². The van der Waals surface area contributed by atoms with Crippen LogP contribution in [0.1, 0.15) is 41.7 Å². The zero-order valence-corrected chi connectivity index (χ0v) is 17.0. The first-order valence-electron chi connectivity index (χ1n) is 9.51. The van der Waals surface area contributed by atoms with E-state index in [1.807, 2.05) is 13.0 Å². The highest BCUT2D eigenvalue weighted by molar-refractivity contribution is 6.31. The topological polar surface area (TPSA) is 102 Å². The molecule has 1 fully saturated rings. The molecule has 29 heavy (non-hydrogen) atoms. The molecule has 0 aliphatic heterocycles. The first kappa shape index (κ1) is 19.4. The van der Waals surface area contributed by atoms with Gasteiger partial charge >= 0.3 is 0 Å². The van der Waals surface area contributed by atoms with Gasteiger partial charge < -0.3 is 15.0 Å². The van der Waals surface area contributed by atoms with E-state index in [4.69, 9.17) is 11.6 Å². The summed E-state index contributed by atoms with van der Waals surface area (Å²) in [5, 5.41) is 18.3. The first-order valence-corrected chi connectivity index (χ1v) is 9.89. The Balaban J connectivity index is 1.83. The first-order chi connectivity index (χ1) is 13.8. The van der Waals surface area contributed by atoms with E-state index < -0.39 is 17.1 Å². The molecule has 1 amide bonds. The Morgan fingerprint density at radius 3 is 2.76 bits per heavy atom. The Labute approximate surface area is 172 Å². The number of pyridine rings is 1. The third kappa shape index (κ3) is 3.27. The van der Waals surface area contributed by atoms with Crippen LogP contribution in [0.3, 0.4) is 0 Å². The van der Waals surface area contributed by atoms with Gasteiger partial charge in [-0.1, -0.05) is 24.4 Å². The summed E-state index contributed by atoms with van der Waals surface area (Å²) in [6, 6.07) is 1.91. The third-order valence-electron chi connectivity index (χ3n) is 5.70. The molecule has 9 heteroatoms.